The zero-order valence-corrected chi connectivity index (χ0v) is 14.9. The summed E-state index contributed by atoms with van der Waals surface area (Å²) in [5, 5.41) is 10.3. The molecular formula is C19H29NO5. The molecule has 0 radical (unpaired) electrons. The van der Waals surface area contributed by atoms with Crippen LogP contribution >= 0.6 is 0 Å². The van der Waals surface area contributed by atoms with Gasteiger partial charge in [0, 0.05) is 19.0 Å². The van der Waals surface area contributed by atoms with Gasteiger partial charge in [-0.2, -0.15) is 0 Å². The molecule has 1 N–H and O–H groups in total. The number of aliphatic hydroxyl groups is 1. The molecule has 0 bridgehead atoms. The van der Waals surface area contributed by atoms with Crippen LogP contribution in [0.15, 0.2) is 24.3 Å². The van der Waals surface area contributed by atoms with Crippen molar-refractivity contribution in [3.8, 4) is 11.5 Å². The van der Waals surface area contributed by atoms with Crippen molar-refractivity contribution < 1.29 is 24.1 Å². The summed E-state index contributed by atoms with van der Waals surface area (Å²) < 4.78 is 22.4. The number of benzene rings is 1. The van der Waals surface area contributed by atoms with E-state index in [0.717, 1.165) is 37.4 Å². The number of nitrogens with zero attached hydrogens (tertiary/aromatic N) is 1. The fraction of sp³-hybridized carbons (Fsp3) is 0.684. The molecule has 2 aliphatic rings. The molecule has 2 saturated heterocycles. The molecule has 6 nitrogen and oxygen atoms in total. The number of hydrogen-bond acceptors (Lipinski definition) is 6. The minimum absolute atomic E-state index is 0.0694. The zero-order valence-electron chi connectivity index (χ0n) is 14.9. The van der Waals surface area contributed by atoms with Crippen LogP contribution in [0.4, 0.5) is 0 Å². The third kappa shape index (κ3) is 5.57. The van der Waals surface area contributed by atoms with E-state index in [1.807, 2.05) is 31.2 Å². The molecule has 140 valence electrons. The van der Waals surface area contributed by atoms with Crippen molar-refractivity contribution in [3.63, 3.8) is 0 Å². The SMILES string of the molecule is CCOc1ccc(OCC(O)CN2CCCC(C3OCCO3)C2)cc1. The number of rotatable bonds is 8. The molecule has 6 heteroatoms. The first-order valence-corrected chi connectivity index (χ1v) is 9.24. The van der Waals surface area contributed by atoms with Crippen molar-refractivity contribution in [1.82, 2.24) is 4.90 Å². The molecule has 25 heavy (non-hydrogen) atoms. The van der Waals surface area contributed by atoms with E-state index >= 15 is 0 Å². The molecule has 0 amide bonds. The lowest BCUT2D eigenvalue weighted by molar-refractivity contribution is -0.103. The highest BCUT2D eigenvalue weighted by molar-refractivity contribution is 5.31. The lowest BCUT2D eigenvalue weighted by atomic mass is 9.97. The second kappa shape index (κ2) is 9.38. The number of β-amino-alcohol motifs (C(OH)–C–C–N with tert-alkyl or cyclic N) is 1. The maximum atomic E-state index is 10.3. The Morgan fingerprint density at radius 3 is 2.52 bits per heavy atom. The minimum Gasteiger partial charge on any atom is -0.494 e. The molecule has 1 aromatic carbocycles. The summed E-state index contributed by atoms with van der Waals surface area (Å²) in [6.45, 7) is 6.79. The number of hydrogen-bond donors (Lipinski definition) is 1. The standard InChI is InChI=1S/C19H29NO5/c1-2-22-17-5-7-18(8-6-17)25-14-16(21)13-20-9-3-4-15(12-20)19-23-10-11-24-19/h5-8,15-16,19,21H,2-4,9-14H2,1H3. The highest BCUT2D eigenvalue weighted by Crippen LogP contribution is 2.25. The van der Waals surface area contributed by atoms with Gasteiger partial charge < -0.3 is 29.0 Å². The topological polar surface area (TPSA) is 60.4 Å². The Kier molecular flexibility index (Phi) is 6.93. The number of likely N-dealkylation sites (tertiary alicyclic amines) is 1. The van der Waals surface area contributed by atoms with Crippen molar-refractivity contribution in [2.75, 3.05) is 46.1 Å². The quantitative estimate of drug-likeness (QED) is 0.772. The number of aliphatic hydroxyl groups excluding tert-OH is 1. The van der Waals surface area contributed by atoms with Crippen molar-refractivity contribution >= 4 is 0 Å². The third-order valence-electron chi connectivity index (χ3n) is 4.62. The Balaban J connectivity index is 1.40. The summed E-state index contributed by atoms with van der Waals surface area (Å²) in [5.74, 6) is 1.97. The van der Waals surface area contributed by atoms with Gasteiger partial charge in [0.1, 0.15) is 24.2 Å². The number of ether oxygens (including phenoxy) is 4. The second-order valence-electron chi connectivity index (χ2n) is 6.64. The lowest BCUT2D eigenvalue weighted by Crippen LogP contribution is -2.44. The monoisotopic (exact) mass is 351 g/mol. The summed E-state index contributed by atoms with van der Waals surface area (Å²) in [6, 6.07) is 7.48. The molecule has 2 aliphatic heterocycles. The van der Waals surface area contributed by atoms with Crippen LogP contribution in [-0.2, 0) is 9.47 Å². The summed E-state index contributed by atoms with van der Waals surface area (Å²) in [4.78, 5) is 2.28. The maximum Gasteiger partial charge on any atom is 0.161 e. The van der Waals surface area contributed by atoms with Crippen LogP contribution in [0.1, 0.15) is 19.8 Å². The first-order chi connectivity index (χ1) is 12.2. The summed E-state index contributed by atoms with van der Waals surface area (Å²) in [5.41, 5.74) is 0. The van der Waals surface area contributed by atoms with E-state index in [0.29, 0.717) is 32.3 Å². The predicted molar refractivity (Wildman–Crippen MR) is 94.0 cm³/mol. The van der Waals surface area contributed by atoms with Gasteiger partial charge in [-0.25, -0.2) is 0 Å². The van der Waals surface area contributed by atoms with Crippen LogP contribution in [0.25, 0.3) is 0 Å². The smallest absolute Gasteiger partial charge is 0.161 e. The highest BCUT2D eigenvalue weighted by Gasteiger charge is 2.31. The minimum atomic E-state index is -0.518. The largest absolute Gasteiger partial charge is 0.494 e. The van der Waals surface area contributed by atoms with Gasteiger partial charge in [-0.15, -0.1) is 0 Å². The highest BCUT2D eigenvalue weighted by atomic mass is 16.7. The third-order valence-corrected chi connectivity index (χ3v) is 4.62. The van der Waals surface area contributed by atoms with Crippen molar-refractivity contribution in [2.24, 2.45) is 5.92 Å². The predicted octanol–water partition coefficient (Wildman–Crippen LogP) is 1.91. The van der Waals surface area contributed by atoms with Gasteiger partial charge in [-0.1, -0.05) is 0 Å². The van der Waals surface area contributed by atoms with Gasteiger partial charge in [0.15, 0.2) is 6.29 Å². The van der Waals surface area contributed by atoms with Crippen LogP contribution in [0, 0.1) is 5.92 Å². The Hall–Kier alpha value is -1.34. The molecule has 2 fully saturated rings. The van der Waals surface area contributed by atoms with Gasteiger partial charge in [0.2, 0.25) is 0 Å². The van der Waals surface area contributed by atoms with Gasteiger partial charge >= 0.3 is 0 Å². The van der Waals surface area contributed by atoms with E-state index in [1.165, 1.54) is 0 Å². The average molecular weight is 351 g/mol. The van der Waals surface area contributed by atoms with Gasteiger partial charge in [0.05, 0.1) is 19.8 Å². The Labute approximate surface area is 149 Å². The maximum absolute atomic E-state index is 10.3. The summed E-state index contributed by atoms with van der Waals surface area (Å²) in [6.07, 6.45) is 1.65. The van der Waals surface area contributed by atoms with E-state index in [-0.39, 0.29) is 12.9 Å². The second-order valence-corrected chi connectivity index (χ2v) is 6.64. The molecule has 0 aromatic heterocycles. The van der Waals surface area contributed by atoms with Gasteiger partial charge in [-0.05, 0) is 50.6 Å². The van der Waals surface area contributed by atoms with E-state index in [1.54, 1.807) is 0 Å². The molecule has 0 aliphatic carbocycles. The molecule has 0 spiro atoms. The van der Waals surface area contributed by atoms with Crippen LogP contribution in [0.3, 0.4) is 0 Å². The summed E-state index contributed by atoms with van der Waals surface area (Å²) >= 11 is 0. The van der Waals surface area contributed by atoms with Crippen molar-refractivity contribution in [1.29, 1.82) is 0 Å². The first kappa shape index (κ1) is 18.5. The normalized spacial score (nSPS) is 23.5. The van der Waals surface area contributed by atoms with Crippen LogP contribution in [0.5, 0.6) is 11.5 Å². The van der Waals surface area contributed by atoms with Crippen LogP contribution in [-0.4, -0.2) is 68.5 Å². The van der Waals surface area contributed by atoms with Crippen LogP contribution < -0.4 is 9.47 Å². The molecular weight excluding hydrogens is 322 g/mol. The molecule has 3 rings (SSSR count). The lowest BCUT2D eigenvalue weighted by Gasteiger charge is -2.35. The zero-order chi connectivity index (χ0) is 17.5. The van der Waals surface area contributed by atoms with E-state index in [9.17, 15) is 5.11 Å². The molecule has 2 atom stereocenters. The molecule has 0 saturated carbocycles. The van der Waals surface area contributed by atoms with Crippen molar-refractivity contribution in [2.45, 2.75) is 32.2 Å². The van der Waals surface area contributed by atoms with Crippen LogP contribution in [0.2, 0.25) is 0 Å². The first-order valence-electron chi connectivity index (χ1n) is 9.24. The van der Waals surface area contributed by atoms with Crippen molar-refractivity contribution in [3.05, 3.63) is 24.3 Å². The van der Waals surface area contributed by atoms with E-state index in [2.05, 4.69) is 4.90 Å². The molecule has 2 unspecified atom stereocenters. The van der Waals surface area contributed by atoms with E-state index < -0.39 is 6.10 Å². The Bertz CT molecular complexity index is 503. The molecule has 2 heterocycles. The van der Waals surface area contributed by atoms with Gasteiger partial charge in [-0.3, -0.25) is 0 Å². The molecule has 1 aromatic rings. The summed E-state index contributed by atoms with van der Waals surface area (Å²) in [7, 11) is 0. The van der Waals surface area contributed by atoms with Gasteiger partial charge in [0.25, 0.3) is 0 Å². The van der Waals surface area contributed by atoms with E-state index in [4.69, 9.17) is 18.9 Å². The number of piperidine rings is 1. The Morgan fingerprint density at radius 1 is 1.16 bits per heavy atom. The fourth-order valence-corrected chi connectivity index (χ4v) is 3.47. The fourth-order valence-electron chi connectivity index (χ4n) is 3.47. The Morgan fingerprint density at radius 2 is 1.84 bits per heavy atom. The average Bonchev–Trinajstić information content (AvgIpc) is 3.16.